The average molecular weight is 363 g/mol. The predicted molar refractivity (Wildman–Crippen MR) is 90.2 cm³/mol. The zero-order valence-corrected chi connectivity index (χ0v) is 14.3. The largest absolute Gasteiger partial charge is 0.504 e. The van der Waals surface area contributed by atoms with Gasteiger partial charge in [0.25, 0.3) is 5.91 Å². The van der Waals surface area contributed by atoms with Crippen LogP contribution in [0.5, 0.6) is 17.2 Å². The molecule has 1 aliphatic carbocycles. The van der Waals surface area contributed by atoms with Gasteiger partial charge in [-0.05, 0) is 35.6 Å². The van der Waals surface area contributed by atoms with E-state index >= 15 is 0 Å². The molecule has 5 nitrogen and oxygen atoms in total. The molecule has 1 aliphatic rings. The fourth-order valence-corrected chi connectivity index (χ4v) is 3.51. The third-order valence-electron chi connectivity index (χ3n) is 5.24. The zero-order chi connectivity index (χ0) is 19.3. The number of aromatic hydroxyl groups is 3. The Morgan fingerprint density at radius 3 is 2.19 bits per heavy atom. The Labute approximate surface area is 148 Å². The molecule has 3 rings (SSSR count). The fraction of sp³-hybridized carbons (Fsp3) is 0.316. The third-order valence-corrected chi connectivity index (χ3v) is 5.24. The summed E-state index contributed by atoms with van der Waals surface area (Å²) < 4.78 is 27.5. The summed E-state index contributed by atoms with van der Waals surface area (Å²) in [7, 11) is 0. The normalized spacial score (nSPS) is 20.6. The average Bonchev–Trinajstić information content (AvgIpc) is 3.11. The van der Waals surface area contributed by atoms with Gasteiger partial charge in [-0.15, -0.1) is 0 Å². The van der Waals surface area contributed by atoms with Crippen molar-refractivity contribution in [3.8, 4) is 17.2 Å². The minimum Gasteiger partial charge on any atom is -0.504 e. The number of hydrogen-bond donors (Lipinski definition) is 4. The van der Waals surface area contributed by atoms with Gasteiger partial charge in [0.1, 0.15) is 11.6 Å². The highest BCUT2D eigenvalue weighted by Gasteiger charge is 2.62. The number of carbonyl (C=O) groups excluding carboxylic acids is 1. The molecule has 0 radical (unpaired) electrons. The van der Waals surface area contributed by atoms with E-state index in [1.165, 1.54) is 12.1 Å². The molecule has 2 aromatic carbocycles. The molecule has 0 bridgehead atoms. The number of phenolic OH excluding ortho intramolecular Hbond substituents is 3. The molecule has 138 valence electrons. The van der Waals surface area contributed by atoms with Gasteiger partial charge in [-0.1, -0.05) is 19.9 Å². The molecule has 0 saturated heterocycles. The van der Waals surface area contributed by atoms with Crippen molar-refractivity contribution in [2.75, 3.05) is 6.54 Å². The molecule has 2 aromatic rings. The second-order valence-electron chi connectivity index (χ2n) is 7.31. The van der Waals surface area contributed by atoms with Crippen molar-refractivity contribution in [1.82, 2.24) is 5.32 Å². The Bertz CT molecular complexity index is 874. The molecular formula is C19H19F2NO4. The maximum absolute atomic E-state index is 14.3. The van der Waals surface area contributed by atoms with Crippen molar-refractivity contribution in [1.29, 1.82) is 0 Å². The van der Waals surface area contributed by atoms with Crippen molar-refractivity contribution in [2.24, 2.45) is 5.41 Å². The van der Waals surface area contributed by atoms with Gasteiger partial charge in [-0.3, -0.25) is 4.79 Å². The summed E-state index contributed by atoms with van der Waals surface area (Å²) in [4.78, 5) is 12.3. The van der Waals surface area contributed by atoms with Crippen LogP contribution in [-0.2, 0) is 5.41 Å². The van der Waals surface area contributed by atoms with Crippen LogP contribution in [0.1, 0.15) is 36.2 Å². The van der Waals surface area contributed by atoms with E-state index in [1.807, 2.05) is 13.8 Å². The zero-order valence-electron chi connectivity index (χ0n) is 14.3. The van der Waals surface area contributed by atoms with Gasteiger partial charge < -0.3 is 20.6 Å². The third kappa shape index (κ3) is 2.83. The van der Waals surface area contributed by atoms with Gasteiger partial charge in [-0.2, -0.15) is 0 Å². The first-order chi connectivity index (χ1) is 12.1. The van der Waals surface area contributed by atoms with Crippen LogP contribution in [0.15, 0.2) is 30.3 Å². The monoisotopic (exact) mass is 363 g/mol. The summed E-state index contributed by atoms with van der Waals surface area (Å²) in [5.41, 5.74) is -0.689. The first kappa shape index (κ1) is 18.0. The van der Waals surface area contributed by atoms with Crippen molar-refractivity contribution in [2.45, 2.75) is 25.7 Å². The highest BCUT2D eigenvalue weighted by Crippen LogP contribution is 2.64. The summed E-state index contributed by atoms with van der Waals surface area (Å²) in [6, 6.07) is 5.45. The number of rotatable bonds is 4. The topological polar surface area (TPSA) is 89.8 Å². The van der Waals surface area contributed by atoms with Crippen LogP contribution in [-0.4, -0.2) is 27.8 Å². The highest BCUT2D eigenvalue weighted by molar-refractivity contribution is 5.95. The van der Waals surface area contributed by atoms with Crippen molar-refractivity contribution in [3.63, 3.8) is 0 Å². The Morgan fingerprint density at radius 2 is 1.69 bits per heavy atom. The lowest BCUT2D eigenvalue weighted by Gasteiger charge is -2.22. The lowest BCUT2D eigenvalue weighted by Crippen LogP contribution is -2.35. The SMILES string of the molecule is CC1(C)CC1(CNC(=O)c1cc(O)c(O)c(O)c1)c1ccc(F)cc1F. The van der Waals surface area contributed by atoms with Crippen molar-refractivity contribution < 1.29 is 28.9 Å². The van der Waals surface area contributed by atoms with Gasteiger partial charge in [0, 0.05) is 23.6 Å². The molecule has 4 N–H and O–H groups in total. The van der Waals surface area contributed by atoms with Crippen LogP contribution in [0.2, 0.25) is 0 Å². The number of phenols is 3. The minimum atomic E-state index is -0.713. The molecule has 0 spiro atoms. The van der Waals surface area contributed by atoms with Gasteiger partial charge in [-0.25, -0.2) is 8.78 Å². The van der Waals surface area contributed by atoms with Crippen molar-refractivity contribution in [3.05, 3.63) is 53.1 Å². The number of halogens is 2. The van der Waals surface area contributed by atoms with E-state index in [1.54, 1.807) is 0 Å². The number of hydrogen-bond acceptors (Lipinski definition) is 4. The van der Waals surface area contributed by atoms with E-state index in [9.17, 15) is 28.9 Å². The Hall–Kier alpha value is -2.83. The lowest BCUT2D eigenvalue weighted by molar-refractivity contribution is 0.0946. The molecule has 1 amide bonds. The second-order valence-corrected chi connectivity index (χ2v) is 7.31. The summed E-state index contributed by atoms with van der Waals surface area (Å²) in [6.45, 7) is 3.96. The molecule has 0 aliphatic heterocycles. The Kier molecular flexibility index (Phi) is 4.05. The first-order valence-corrected chi connectivity index (χ1v) is 8.06. The molecule has 1 fully saturated rings. The van der Waals surface area contributed by atoms with E-state index < -0.39 is 40.2 Å². The number of benzene rings is 2. The molecule has 7 heteroatoms. The maximum atomic E-state index is 14.3. The molecule has 1 atom stereocenters. The minimum absolute atomic E-state index is 0.0500. The van der Waals surface area contributed by atoms with E-state index in [0.29, 0.717) is 12.0 Å². The van der Waals surface area contributed by atoms with Crippen LogP contribution in [0, 0.1) is 17.0 Å². The fourth-order valence-electron chi connectivity index (χ4n) is 3.51. The summed E-state index contributed by atoms with van der Waals surface area (Å²) in [5, 5.41) is 31.1. The van der Waals surface area contributed by atoms with Gasteiger partial charge in [0.15, 0.2) is 17.2 Å². The van der Waals surface area contributed by atoms with Crippen LogP contribution in [0.3, 0.4) is 0 Å². The number of carbonyl (C=O) groups is 1. The van der Waals surface area contributed by atoms with Crippen LogP contribution >= 0.6 is 0 Å². The van der Waals surface area contributed by atoms with Crippen LogP contribution < -0.4 is 5.32 Å². The molecule has 26 heavy (non-hydrogen) atoms. The molecule has 0 heterocycles. The van der Waals surface area contributed by atoms with Crippen LogP contribution in [0.4, 0.5) is 8.78 Å². The predicted octanol–water partition coefficient (Wildman–Crippen LogP) is 3.18. The smallest absolute Gasteiger partial charge is 0.251 e. The quantitative estimate of drug-likeness (QED) is 0.628. The van der Waals surface area contributed by atoms with E-state index in [0.717, 1.165) is 18.2 Å². The summed E-state index contributed by atoms with van der Waals surface area (Å²) >= 11 is 0. The van der Waals surface area contributed by atoms with Gasteiger partial charge >= 0.3 is 0 Å². The Morgan fingerprint density at radius 1 is 1.12 bits per heavy atom. The number of amides is 1. The molecule has 1 saturated carbocycles. The van der Waals surface area contributed by atoms with Crippen molar-refractivity contribution >= 4 is 5.91 Å². The molecule has 1 unspecified atom stereocenters. The maximum Gasteiger partial charge on any atom is 0.251 e. The second kappa shape index (κ2) is 5.86. The molecule has 0 aromatic heterocycles. The highest BCUT2D eigenvalue weighted by atomic mass is 19.1. The molecular weight excluding hydrogens is 344 g/mol. The number of nitrogens with one attached hydrogen (secondary N) is 1. The van der Waals surface area contributed by atoms with Gasteiger partial charge in [0.2, 0.25) is 0 Å². The van der Waals surface area contributed by atoms with E-state index in [2.05, 4.69) is 5.32 Å². The first-order valence-electron chi connectivity index (χ1n) is 8.06. The van der Waals surface area contributed by atoms with E-state index in [4.69, 9.17) is 0 Å². The van der Waals surface area contributed by atoms with Crippen LogP contribution in [0.25, 0.3) is 0 Å². The Balaban J connectivity index is 1.84. The standard InChI is InChI=1S/C19H19F2NO4/c1-18(2)8-19(18,12-4-3-11(20)7-13(12)21)9-22-17(26)10-5-14(23)16(25)15(24)6-10/h3-7,23-25H,8-9H2,1-2H3,(H,22,26). The summed E-state index contributed by atoms with van der Waals surface area (Å²) in [5.74, 6) is -3.89. The lowest BCUT2D eigenvalue weighted by atomic mass is 9.87. The van der Waals surface area contributed by atoms with E-state index in [-0.39, 0.29) is 17.5 Å². The van der Waals surface area contributed by atoms with Gasteiger partial charge in [0.05, 0.1) is 0 Å². The summed E-state index contributed by atoms with van der Waals surface area (Å²) in [6.07, 6.45) is 0.606.